The fourth-order valence-corrected chi connectivity index (χ4v) is 3.45. The third kappa shape index (κ3) is 2.77. The van der Waals surface area contributed by atoms with Crippen molar-refractivity contribution in [3.8, 4) is 0 Å². The molecular formula is C8H12N2O4S2. The molecule has 0 aliphatic carbocycles. The van der Waals surface area contributed by atoms with E-state index >= 15 is 0 Å². The van der Waals surface area contributed by atoms with Gasteiger partial charge in [-0.25, -0.2) is 22.9 Å². The molecule has 0 aromatic carbocycles. The van der Waals surface area contributed by atoms with Crippen LogP contribution in [0.25, 0.3) is 0 Å². The molecule has 16 heavy (non-hydrogen) atoms. The Morgan fingerprint density at radius 1 is 1.69 bits per heavy atom. The van der Waals surface area contributed by atoms with E-state index in [0.717, 1.165) is 11.3 Å². The molecule has 0 saturated carbocycles. The quantitative estimate of drug-likeness (QED) is 0.824. The maximum atomic E-state index is 11.8. The first-order valence-electron chi connectivity index (χ1n) is 4.57. The minimum absolute atomic E-state index is 0.242. The second kappa shape index (κ2) is 4.89. The summed E-state index contributed by atoms with van der Waals surface area (Å²) in [4.78, 5) is 14.3. The van der Waals surface area contributed by atoms with Crippen LogP contribution in [0, 0.1) is 0 Å². The van der Waals surface area contributed by atoms with Crippen LogP contribution in [0.3, 0.4) is 0 Å². The molecule has 0 aliphatic rings. The van der Waals surface area contributed by atoms with E-state index in [4.69, 9.17) is 5.11 Å². The van der Waals surface area contributed by atoms with Crippen molar-refractivity contribution in [2.75, 3.05) is 0 Å². The highest BCUT2D eigenvalue weighted by Crippen LogP contribution is 2.20. The predicted molar refractivity (Wildman–Crippen MR) is 59.1 cm³/mol. The lowest BCUT2D eigenvalue weighted by Crippen LogP contribution is -2.32. The second-order valence-electron chi connectivity index (χ2n) is 3.22. The number of rotatable bonds is 5. The SMILES string of the molecule is CCC(C)NS(=O)(=O)c1scnc1C(=O)O. The average molecular weight is 264 g/mol. The number of aromatic carboxylic acids is 1. The van der Waals surface area contributed by atoms with Crippen molar-refractivity contribution in [1.82, 2.24) is 9.71 Å². The van der Waals surface area contributed by atoms with E-state index in [-0.39, 0.29) is 10.3 Å². The molecule has 1 heterocycles. The van der Waals surface area contributed by atoms with Gasteiger partial charge < -0.3 is 5.11 Å². The molecule has 0 radical (unpaired) electrons. The molecule has 90 valence electrons. The summed E-state index contributed by atoms with van der Waals surface area (Å²) in [5.74, 6) is -1.34. The lowest BCUT2D eigenvalue weighted by molar-refractivity contribution is 0.0687. The molecule has 0 bridgehead atoms. The van der Waals surface area contributed by atoms with Crippen LogP contribution in [0.1, 0.15) is 30.8 Å². The molecule has 0 amide bonds. The van der Waals surface area contributed by atoms with Crippen molar-refractivity contribution >= 4 is 27.3 Å². The Morgan fingerprint density at radius 3 is 2.81 bits per heavy atom. The zero-order chi connectivity index (χ0) is 12.3. The summed E-state index contributed by atoms with van der Waals surface area (Å²) < 4.78 is 25.7. The van der Waals surface area contributed by atoms with Crippen LogP contribution < -0.4 is 4.72 Å². The standard InChI is InChI=1S/C8H12N2O4S2/c1-3-5(2)10-16(13,14)8-6(7(11)12)9-4-15-8/h4-5,10H,3H2,1-2H3,(H,11,12). The highest BCUT2D eigenvalue weighted by atomic mass is 32.2. The van der Waals surface area contributed by atoms with Crippen LogP contribution >= 0.6 is 11.3 Å². The number of carboxylic acids is 1. The van der Waals surface area contributed by atoms with E-state index in [2.05, 4.69) is 9.71 Å². The highest BCUT2D eigenvalue weighted by Gasteiger charge is 2.26. The summed E-state index contributed by atoms with van der Waals surface area (Å²) in [6.45, 7) is 3.54. The van der Waals surface area contributed by atoms with Gasteiger partial charge in [0, 0.05) is 6.04 Å². The summed E-state index contributed by atoms with van der Waals surface area (Å²) in [7, 11) is -3.78. The molecule has 1 rings (SSSR count). The first-order valence-corrected chi connectivity index (χ1v) is 6.94. The Balaban J connectivity index is 3.08. The highest BCUT2D eigenvalue weighted by molar-refractivity contribution is 7.91. The molecule has 0 fully saturated rings. The molecule has 1 aromatic rings. The summed E-state index contributed by atoms with van der Waals surface area (Å²) in [5, 5.41) is 8.76. The summed E-state index contributed by atoms with van der Waals surface area (Å²) in [6, 6.07) is -0.242. The Hall–Kier alpha value is -0.990. The fraction of sp³-hybridized carbons (Fsp3) is 0.500. The first-order chi connectivity index (χ1) is 7.38. The van der Waals surface area contributed by atoms with Crippen LogP contribution in [0.4, 0.5) is 0 Å². The number of aromatic nitrogens is 1. The summed E-state index contributed by atoms with van der Waals surface area (Å²) in [5.41, 5.74) is 0.773. The van der Waals surface area contributed by atoms with Gasteiger partial charge in [0.1, 0.15) is 0 Å². The van der Waals surface area contributed by atoms with E-state index < -0.39 is 21.7 Å². The van der Waals surface area contributed by atoms with Gasteiger partial charge in [0.15, 0.2) is 9.90 Å². The summed E-state index contributed by atoms with van der Waals surface area (Å²) in [6.07, 6.45) is 0.625. The Morgan fingerprint density at radius 2 is 2.31 bits per heavy atom. The van der Waals surface area contributed by atoms with E-state index in [0.29, 0.717) is 6.42 Å². The monoisotopic (exact) mass is 264 g/mol. The van der Waals surface area contributed by atoms with E-state index in [1.54, 1.807) is 6.92 Å². The third-order valence-electron chi connectivity index (χ3n) is 1.95. The average Bonchev–Trinajstić information content (AvgIpc) is 2.65. The number of sulfonamides is 1. The first kappa shape index (κ1) is 13.1. The maximum absolute atomic E-state index is 11.8. The number of carbonyl (C=O) groups is 1. The van der Waals surface area contributed by atoms with Gasteiger partial charge in [-0.1, -0.05) is 6.92 Å². The van der Waals surface area contributed by atoms with Gasteiger partial charge in [-0.3, -0.25) is 0 Å². The molecule has 0 saturated heterocycles. The fourth-order valence-electron chi connectivity index (χ4n) is 0.970. The zero-order valence-corrected chi connectivity index (χ0v) is 10.4. The van der Waals surface area contributed by atoms with Crippen molar-refractivity contribution in [1.29, 1.82) is 0 Å². The van der Waals surface area contributed by atoms with Gasteiger partial charge in [-0.05, 0) is 13.3 Å². The lowest BCUT2D eigenvalue weighted by atomic mass is 10.3. The van der Waals surface area contributed by atoms with Gasteiger partial charge in [0.05, 0.1) is 5.51 Å². The maximum Gasteiger partial charge on any atom is 0.356 e. The largest absolute Gasteiger partial charge is 0.476 e. The zero-order valence-electron chi connectivity index (χ0n) is 8.80. The van der Waals surface area contributed by atoms with E-state index in [9.17, 15) is 13.2 Å². The normalized spacial score (nSPS) is 13.6. The van der Waals surface area contributed by atoms with E-state index in [1.165, 1.54) is 5.51 Å². The molecule has 1 unspecified atom stereocenters. The number of carboxylic acid groups (broad SMARTS) is 1. The topological polar surface area (TPSA) is 96.4 Å². The Kier molecular flexibility index (Phi) is 4.00. The van der Waals surface area contributed by atoms with Crippen LogP contribution in [-0.2, 0) is 10.0 Å². The molecule has 0 spiro atoms. The second-order valence-corrected chi connectivity index (χ2v) is 5.99. The summed E-state index contributed by atoms with van der Waals surface area (Å²) >= 11 is 0.795. The van der Waals surface area contributed by atoms with E-state index in [1.807, 2.05) is 6.92 Å². The smallest absolute Gasteiger partial charge is 0.356 e. The molecule has 6 nitrogen and oxygen atoms in total. The number of hydrogen-bond acceptors (Lipinski definition) is 5. The third-order valence-corrected chi connectivity index (χ3v) is 4.91. The molecule has 1 atom stereocenters. The van der Waals surface area contributed by atoms with Crippen molar-refractivity contribution < 1.29 is 18.3 Å². The van der Waals surface area contributed by atoms with Crippen LogP contribution in [-0.4, -0.2) is 30.5 Å². The molecule has 8 heteroatoms. The number of thiazole rings is 1. The number of nitrogens with zero attached hydrogens (tertiary/aromatic N) is 1. The van der Waals surface area contributed by atoms with Crippen molar-refractivity contribution in [2.45, 2.75) is 30.5 Å². The molecule has 2 N–H and O–H groups in total. The van der Waals surface area contributed by atoms with Gasteiger partial charge in [-0.2, -0.15) is 0 Å². The van der Waals surface area contributed by atoms with Crippen molar-refractivity contribution in [3.05, 3.63) is 11.2 Å². The van der Waals surface area contributed by atoms with Gasteiger partial charge in [0.25, 0.3) is 10.0 Å². The lowest BCUT2D eigenvalue weighted by Gasteiger charge is -2.10. The predicted octanol–water partition coefficient (Wildman–Crippen LogP) is 0.918. The minimum Gasteiger partial charge on any atom is -0.476 e. The Bertz CT molecular complexity index is 480. The Labute approximate surface area is 97.4 Å². The van der Waals surface area contributed by atoms with Crippen molar-refractivity contribution in [2.24, 2.45) is 0 Å². The van der Waals surface area contributed by atoms with Gasteiger partial charge >= 0.3 is 5.97 Å². The van der Waals surface area contributed by atoms with Crippen LogP contribution in [0.5, 0.6) is 0 Å². The molecule has 1 aromatic heterocycles. The molecular weight excluding hydrogens is 252 g/mol. The van der Waals surface area contributed by atoms with Crippen molar-refractivity contribution in [3.63, 3.8) is 0 Å². The number of nitrogens with one attached hydrogen (secondary N) is 1. The molecule has 0 aliphatic heterocycles. The van der Waals surface area contributed by atoms with Gasteiger partial charge in [0.2, 0.25) is 0 Å². The minimum atomic E-state index is -3.78. The van der Waals surface area contributed by atoms with Crippen LogP contribution in [0.15, 0.2) is 9.72 Å². The van der Waals surface area contributed by atoms with Crippen LogP contribution in [0.2, 0.25) is 0 Å². The number of hydrogen-bond donors (Lipinski definition) is 2. The van der Waals surface area contributed by atoms with Gasteiger partial charge in [-0.15, -0.1) is 11.3 Å².